The highest BCUT2D eigenvalue weighted by atomic mass is 32.2. The number of nitrogens with one attached hydrogen (secondary N) is 1. The highest BCUT2D eigenvalue weighted by Gasteiger charge is 2.42. The highest BCUT2D eigenvalue weighted by molar-refractivity contribution is 7.99. The van der Waals surface area contributed by atoms with Crippen LogP contribution in [0, 0.1) is 11.8 Å². The van der Waals surface area contributed by atoms with E-state index in [1.165, 1.54) is 37.4 Å². The van der Waals surface area contributed by atoms with E-state index in [4.69, 9.17) is 9.15 Å². The van der Waals surface area contributed by atoms with Crippen molar-refractivity contribution in [2.45, 2.75) is 36.9 Å². The summed E-state index contributed by atoms with van der Waals surface area (Å²) in [5, 5.41) is 11.7. The minimum Gasteiger partial charge on any atom is -0.496 e. The number of hydrogen-bond acceptors (Lipinski definition) is 6. The van der Waals surface area contributed by atoms with Gasteiger partial charge in [0.1, 0.15) is 5.75 Å². The fourth-order valence-corrected chi connectivity index (χ4v) is 3.66. The van der Waals surface area contributed by atoms with Gasteiger partial charge in [0.15, 0.2) is 0 Å². The maximum atomic E-state index is 12.2. The Morgan fingerprint density at radius 1 is 1.28 bits per heavy atom. The minimum absolute atomic E-state index is 0.0471. The van der Waals surface area contributed by atoms with Crippen LogP contribution in [0.3, 0.4) is 0 Å². The lowest BCUT2D eigenvalue weighted by Gasteiger charge is -2.17. The molecule has 2 fully saturated rings. The fourth-order valence-electron chi connectivity index (χ4n) is 3.08. The smallest absolute Gasteiger partial charge is 0.277 e. The number of thioether (sulfide) groups is 1. The standard InChI is InChI=1S/C18H21N3O3S/c1-23-14-5-3-2-4-13(14)17-20-21-18(24-17)25-10-15(22)19-16(11-6-7-11)12-8-9-12/h2-5,11-12,16H,6-10H2,1H3,(H,19,22). The van der Waals surface area contributed by atoms with Crippen molar-refractivity contribution in [3.63, 3.8) is 0 Å². The number of rotatable bonds is 8. The van der Waals surface area contributed by atoms with Crippen molar-refractivity contribution in [2.24, 2.45) is 11.8 Å². The number of para-hydroxylation sites is 1. The SMILES string of the molecule is COc1ccccc1-c1nnc(SCC(=O)NC(C2CC2)C2CC2)o1. The van der Waals surface area contributed by atoms with Gasteiger partial charge < -0.3 is 14.5 Å². The van der Waals surface area contributed by atoms with Crippen LogP contribution in [0.4, 0.5) is 0 Å². The summed E-state index contributed by atoms with van der Waals surface area (Å²) in [4.78, 5) is 12.2. The molecule has 0 radical (unpaired) electrons. The Labute approximate surface area is 150 Å². The van der Waals surface area contributed by atoms with Gasteiger partial charge in [-0.2, -0.15) is 0 Å². The Balaban J connectivity index is 1.34. The first-order valence-corrected chi connectivity index (χ1v) is 9.62. The van der Waals surface area contributed by atoms with E-state index in [-0.39, 0.29) is 5.91 Å². The molecule has 0 saturated heterocycles. The molecule has 0 spiro atoms. The summed E-state index contributed by atoms with van der Waals surface area (Å²) in [6, 6.07) is 7.85. The van der Waals surface area contributed by atoms with Gasteiger partial charge in [-0.25, -0.2) is 0 Å². The molecule has 2 saturated carbocycles. The molecule has 25 heavy (non-hydrogen) atoms. The fraction of sp³-hybridized carbons (Fsp3) is 0.500. The molecule has 1 heterocycles. The molecule has 2 aliphatic rings. The first-order chi connectivity index (χ1) is 12.2. The van der Waals surface area contributed by atoms with E-state index in [0.29, 0.717) is 40.5 Å². The molecule has 2 aromatic rings. The van der Waals surface area contributed by atoms with Crippen molar-refractivity contribution < 1.29 is 13.9 Å². The quantitative estimate of drug-likeness (QED) is 0.730. The zero-order valence-corrected chi connectivity index (χ0v) is 14.9. The number of aromatic nitrogens is 2. The molecule has 0 atom stereocenters. The van der Waals surface area contributed by atoms with Crippen LogP contribution in [0.15, 0.2) is 33.9 Å². The first-order valence-electron chi connectivity index (χ1n) is 8.63. The largest absolute Gasteiger partial charge is 0.496 e. The van der Waals surface area contributed by atoms with Gasteiger partial charge in [-0.05, 0) is 49.7 Å². The Bertz CT molecular complexity index is 744. The molecule has 0 bridgehead atoms. The predicted octanol–water partition coefficient (Wildman–Crippen LogP) is 3.14. The van der Waals surface area contributed by atoms with E-state index < -0.39 is 0 Å². The van der Waals surface area contributed by atoms with Crippen molar-refractivity contribution in [3.8, 4) is 17.2 Å². The number of hydrogen-bond donors (Lipinski definition) is 1. The van der Waals surface area contributed by atoms with Crippen LogP contribution in [0.2, 0.25) is 0 Å². The van der Waals surface area contributed by atoms with Crippen LogP contribution in [0.1, 0.15) is 25.7 Å². The Morgan fingerprint density at radius 3 is 2.68 bits per heavy atom. The topological polar surface area (TPSA) is 77.2 Å². The summed E-state index contributed by atoms with van der Waals surface area (Å²) in [6.07, 6.45) is 5.00. The summed E-state index contributed by atoms with van der Waals surface area (Å²) in [5.41, 5.74) is 0.747. The molecule has 7 heteroatoms. The van der Waals surface area contributed by atoms with Gasteiger partial charge in [-0.1, -0.05) is 23.9 Å². The molecule has 1 amide bonds. The summed E-state index contributed by atoms with van der Waals surface area (Å²) >= 11 is 1.27. The molecule has 1 aromatic carbocycles. The molecule has 1 N–H and O–H groups in total. The Kier molecular flexibility index (Phi) is 4.65. The third-order valence-corrected chi connectivity index (χ3v) is 5.48. The van der Waals surface area contributed by atoms with E-state index >= 15 is 0 Å². The van der Waals surface area contributed by atoms with E-state index in [9.17, 15) is 4.79 Å². The Morgan fingerprint density at radius 2 is 2.00 bits per heavy atom. The van der Waals surface area contributed by atoms with E-state index in [0.717, 1.165) is 5.56 Å². The van der Waals surface area contributed by atoms with Gasteiger partial charge in [0.25, 0.3) is 11.1 Å². The molecular formula is C18H21N3O3S. The summed E-state index contributed by atoms with van der Waals surface area (Å²) in [6.45, 7) is 0. The summed E-state index contributed by atoms with van der Waals surface area (Å²) in [7, 11) is 1.60. The van der Waals surface area contributed by atoms with Crippen molar-refractivity contribution >= 4 is 17.7 Å². The van der Waals surface area contributed by atoms with Gasteiger partial charge in [0, 0.05) is 6.04 Å². The van der Waals surface area contributed by atoms with Crippen molar-refractivity contribution in [1.29, 1.82) is 0 Å². The maximum absolute atomic E-state index is 12.2. The number of benzene rings is 1. The van der Waals surface area contributed by atoms with Crippen molar-refractivity contribution in [2.75, 3.05) is 12.9 Å². The van der Waals surface area contributed by atoms with E-state index in [1.54, 1.807) is 7.11 Å². The average Bonchev–Trinajstić information content (AvgIpc) is 3.56. The number of methoxy groups -OCH3 is 1. The normalized spacial score (nSPS) is 16.9. The van der Waals surface area contributed by atoms with Gasteiger partial charge in [-0.3, -0.25) is 4.79 Å². The van der Waals surface area contributed by atoms with Crippen LogP contribution in [0.25, 0.3) is 11.5 Å². The first kappa shape index (κ1) is 16.4. The zero-order valence-electron chi connectivity index (χ0n) is 14.1. The second kappa shape index (κ2) is 7.07. The molecule has 0 unspecified atom stereocenters. The van der Waals surface area contributed by atoms with Crippen LogP contribution >= 0.6 is 11.8 Å². The van der Waals surface area contributed by atoms with Gasteiger partial charge in [0.2, 0.25) is 5.91 Å². The van der Waals surface area contributed by atoms with Crippen molar-refractivity contribution in [3.05, 3.63) is 24.3 Å². The zero-order chi connectivity index (χ0) is 17.2. The third kappa shape index (κ3) is 3.98. The number of nitrogens with zero attached hydrogens (tertiary/aromatic N) is 2. The lowest BCUT2D eigenvalue weighted by Crippen LogP contribution is -2.39. The van der Waals surface area contributed by atoms with Crippen LogP contribution in [0.5, 0.6) is 5.75 Å². The molecule has 6 nitrogen and oxygen atoms in total. The predicted molar refractivity (Wildman–Crippen MR) is 94.4 cm³/mol. The summed E-state index contributed by atoms with van der Waals surface area (Å²) in [5.74, 6) is 2.81. The van der Waals surface area contributed by atoms with Crippen LogP contribution in [-0.2, 0) is 4.79 Å². The molecule has 1 aromatic heterocycles. The number of amides is 1. The van der Waals surface area contributed by atoms with Gasteiger partial charge >= 0.3 is 0 Å². The van der Waals surface area contributed by atoms with Crippen molar-refractivity contribution in [1.82, 2.24) is 15.5 Å². The lowest BCUT2D eigenvalue weighted by molar-refractivity contribution is -0.119. The van der Waals surface area contributed by atoms with Gasteiger partial charge in [0.05, 0.1) is 18.4 Å². The highest BCUT2D eigenvalue weighted by Crippen LogP contribution is 2.44. The number of carbonyl (C=O) groups excluding carboxylic acids is 1. The molecule has 132 valence electrons. The molecular weight excluding hydrogens is 338 g/mol. The van der Waals surface area contributed by atoms with E-state index in [1.807, 2.05) is 24.3 Å². The second-order valence-electron chi connectivity index (χ2n) is 6.63. The lowest BCUT2D eigenvalue weighted by atomic mass is 10.1. The summed E-state index contributed by atoms with van der Waals surface area (Å²) < 4.78 is 11.0. The number of carbonyl (C=O) groups is 1. The average molecular weight is 359 g/mol. The minimum atomic E-state index is 0.0471. The number of ether oxygens (including phenoxy) is 1. The van der Waals surface area contributed by atoms with Gasteiger partial charge in [-0.15, -0.1) is 10.2 Å². The maximum Gasteiger partial charge on any atom is 0.277 e. The van der Waals surface area contributed by atoms with Crippen LogP contribution in [-0.4, -0.2) is 35.0 Å². The Hall–Kier alpha value is -2.02. The van der Waals surface area contributed by atoms with E-state index in [2.05, 4.69) is 15.5 Å². The monoisotopic (exact) mass is 359 g/mol. The third-order valence-electron chi connectivity index (χ3n) is 4.66. The molecule has 4 rings (SSSR count). The molecule has 0 aliphatic heterocycles. The second-order valence-corrected chi connectivity index (χ2v) is 7.56. The van der Waals surface area contributed by atoms with Crippen LogP contribution < -0.4 is 10.1 Å². The molecule has 2 aliphatic carbocycles.